The van der Waals surface area contributed by atoms with Crippen molar-refractivity contribution in [3.63, 3.8) is 0 Å². The van der Waals surface area contributed by atoms with E-state index in [1.165, 1.54) is 10.7 Å². The van der Waals surface area contributed by atoms with Gasteiger partial charge in [0.15, 0.2) is 0 Å². The van der Waals surface area contributed by atoms with Gasteiger partial charge in [-0.2, -0.15) is 14.1 Å². The number of aromatic nitrogens is 2. The molecular weight excluding hydrogens is 410 g/mol. The Kier molecular flexibility index (Phi) is 6.34. The highest BCUT2D eigenvalue weighted by atomic mass is 32.2. The van der Waals surface area contributed by atoms with Crippen molar-refractivity contribution in [3.05, 3.63) is 88.3 Å². The second kappa shape index (κ2) is 9.16. The number of sulfonamides is 1. The Morgan fingerprint density at radius 1 is 0.935 bits per heavy atom. The maximum atomic E-state index is 13.0. The molecule has 0 radical (unpaired) electrons. The van der Waals surface area contributed by atoms with Gasteiger partial charge in [-0.3, -0.25) is 4.79 Å². The van der Waals surface area contributed by atoms with Gasteiger partial charge in [-0.25, -0.2) is 8.42 Å². The average Bonchev–Trinajstić information content (AvgIpc) is 2.81. The Hall–Kier alpha value is -2.77. The number of rotatable bonds is 6. The molecule has 0 N–H and O–H groups in total. The van der Waals surface area contributed by atoms with Crippen molar-refractivity contribution in [1.29, 1.82) is 0 Å². The SMILES string of the molecule is CCCc1ccc(S(=O)(=O)N2CCC(c3ccc(=O)n(-c4ccccc4)n3)CC2)cc1. The molecule has 0 saturated carbocycles. The molecule has 6 nitrogen and oxygen atoms in total. The van der Waals surface area contributed by atoms with Crippen molar-refractivity contribution in [2.24, 2.45) is 0 Å². The van der Waals surface area contributed by atoms with Crippen molar-refractivity contribution in [2.45, 2.75) is 43.4 Å². The second-order valence-corrected chi connectivity index (χ2v) is 9.85. The molecule has 0 spiro atoms. The predicted molar refractivity (Wildman–Crippen MR) is 121 cm³/mol. The lowest BCUT2D eigenvalue weighted by molar-refractivity contribution is 0.315. The van der Waals surface area contributed by atoms with E-state index in [2.05, 4.69) is 12.0 Å². The van der Waals surface area contributed by atoms with Crippen molar-refractivity contribution < 1.29 is 8.42 Å². The molecule has 1 saturated heterocycles. The molecular formula is C24H27N3O3S. The van der Waals surface area contributed by atoms with Crippen LogP contribution in [0.3, 0.4) is 0 Å². The highest BCUT2D eigenvalue weighted by Gasteiger charge is 2.30. The quantitative estimate of drug-likeness (QED) is 0.589. The minimum atomic E-state index is -3.50. The lowest BCUT2D eigenvalue weighted by Gasteiger charge is -2.31. The lowest BCUT2D eigenvalue weighted by Crippen LogP contribution is -2.38. The molecule has 4 rings (SSSR count). The van der Waals surface area contributed by atoms with Gasteiger partial charge in [0.25, 0.3) is 5.56 Å². The zero-order valence-electron chi connectivity index (χ0n) is 17.6. The van der Waals surface area contributed by atoms with Crippen LogP contribution in [0.15, 0.2) is 76.4 Å². The summed E-state index contributed by atoms with van der Waals surface area (Å²) in [5.74, 6) is 0.119. The molecule has 1 aromatic heterocycles. The van der Waals surface area contributed by atoms with E-state index in [4.69, 9.17) is 0 Å². The zero-order valence-corrected chi connectivity index (χ0v) is 18.5. The van der Waals surface area contributed by atoms with Crippen molar-refractivity contribution in [3.8, 4) is 5.69 Å². The number of para-hydroxylation sites is 1. The maximum absolute atomic E-state index is 13.0. The van der Waals surface area contributed by atoms with Crippen LogP contribution in [0.1, 0.15) is 43.4 Å². The summed E-state index contributed by atoms with van der Waals surface area (Å²) in [6, 6.07) is 19.9. The van der Waals surface area contributed by atoms with Crippen LogP contribution in [0.4, 0.5) is 0 Å². The van der Waals surface area contributed by atoms with Crippen LogP contribution in [-0.2, 0) is 16.4 Å². The standard InChI is InChI=1S/C24H27N3O3S/c1-2-6-19-9-11-22(12-10-19)31(29,30)26-17-15-20(16-18-26)23-13-14-24(28)27(25-23)21-7-4-3-5-8-21/h3-5,7-14,20H,2,6,15-18H2,1H3. The predicted octanol–water partition coefficient (Wildman–Crippen LogP) is 3.75. The van der Waals surface area contributed by atoms with Gasteiger partial charge in [0, 0.05) is 25.1 Å². The summed E-state index contributed by atoms with van der Waals surface area (Å²) >= 11 is 0. The molecule has 7 heteroatoms. The van der Waals surface area contributed by atoms with Crippen molar-refractivity contribution in [2.75, 3.05) is 13.1 Å². The van der Waals surface area contributed by atoms with Gasteiger partial charge in [0.2, 0.25) is 10.0 Å². The minimum absolute atomic E-state index is 0.119. The van der Waals surface area contributed by atoms with E-state index in [1.54, 1.807) is 22.5 Å². The van der Waals surface area contributed by atoms with Crippen LogP contribution in [0.5, 0.6) is 0 Å². The van der Waals surface area contributed by atoms with Crippen LogP contribution in [0.2, 0.25) is 0 Å². The summed E-state index contributed by atoms with van der Waals surface area (Å²) < 4.78 is 29.1. The molecule has 31 heavy (non-hydrogen) atoms. The van der Waals surface area contributed by atoms with E-state index < -0.39 is 10.0 Å². The van der Waals surface area contributed by atoms with Gasteiger partial charge in [0.1, 0.15) is 0 Å². The Labute approximate surface area is 183 Å². The first-order chi connectivity index (χ1) is 15.0. The number of hydrogen-bond acceptors (Lipinski definition) is 4. The van der Waals surface area contributed by atoms with Gasteiger partial charge in [-0.15, -0.1) is 0 Å². The second-order valence-electron chi connectivity index (χ2n) is 7.92. The molecule has 1 aliphatic heterocycles. The smallest absolute Gasteiger partial charge is 0.267 e. The Balaban J connectivity index is 1.48. The van der Waals surface area contributed by atoms with Gasteiger partial charge < -0.3 is 0 Å². The number of benzene rings is 2. The van der Waals surface area contributed by atoms with E-state index in [-0.39, 0.29) is 11.5 Å². The Bertz CT molecular complexity index is 1180. The fraction of sp³-hybridized carbons (Fsp3) is 0.333. The zero-order chi connectivity index (χ0) is 21.8. The van der Waals surface area contributed by atoms with Gasteiger partial charge >= 0.3 is 0 Å². The number of nitrogens with zero attached hydrogens (tertiary/aromatic N) is 3. The van der Waals surface area contributed by atoms with Gasteiger partial charge in [0.05, 0.1) is 16.3 Å². The number of aryl methyl sites for hydroxylation is 1. The first-order valence-corrected chi connectivity index (χ1v) is 12.2. The molecule has 0 atom stereocenters. The van der Waals surface area contributed by atoms with Crippen LogP contribution >= 0.6 is 0 Å². The monoisotopic (exact) mass is 437 g/mol. The highest BCUT2D eigenvalue weighted by molar-refractivity contribution is 7.89. The fourth-order valence-electron chi connectivity index (χ4n) is 4.06. The minimum Gasteiger partial charge on any atom is -0.267 e. The molecule has 0 aliphatic carbocycles. The van der Waals surface area contributed by atoms with Crippen LogP contribution in [-0.4, -0.2) is 35.6 Å². The highest BCUT2D eigenvalue weighted by Crippen LogP contribution is 2.29. The largest absolute Gasteiger partial charge is 0.271 e. The van der Waals surface area contributed by atoms with E-state index in [0.29, 0.717) is 30.8 Å². The van der Waals surface area contributed by atoms with Crippen LogP contribution in [0, 0.1) is 0 Å². The summed E-state index contributed by atoms with van der Waals surface area (Å²) in [5, 5.41) is 4.57. The molecule has 0 amide bonds. The Morgan fingerprint density at radius 2 is 1.61 bits per heavy atom. The third-order valence-corrected chi connectivity index (χ3v) is 7.71. The van der Waals surface area contributed by atoms with Crippen molar-refractivity contribution >= 4 is 10.0 Å². The first kappa shape index (κ1) is 21.5. The Morgan fingerprint density at radius 3 is 2.26 bits per heavy atom. The average molecular weight is 438 g/mol. The molecule has 2 aromatic carbocycles. The van der Waals surface area contributed by atoms with Crippen LogP contribution < -0.4 is 5.56 Å². The number of hydrogen-bond donors (Lipinski definition) is 0. The summed E-state index contributed by atoms with van der Waals surface area (Å²) in [6.45, 7) is 2.99. The molecule has 3 aromatic rings. The fourth-order valence-corrected chi connectivity index (χ4v) is 5.52. The van der Waals surface area contributed by atoms with E-state index in [1.807, 2.05) is 42.5 Å². The third-order valence-electron chi connectivity index (χ3n) is 5.79. The van der Waals surface area contributed by atoms with E-state index >= 15 is 0 Å². The molecule has 1 aliphatic rings. The van der Waals surface area contributed by atoms with Crippen LogP contribution in [0.25, 0.3) is 5.69 Å². The number of piperidine rings is 1. The molecule has 2 heterocycles. The normalized spacial score (nSPS) is 15.8. The third kappa shape index (κ3) is 4.62. The van der Waals surface area contributed by atoms with E-state index in [0.717, 1.165) is 29.8 Å². The summed E-state index contributed by atoms with van der Waals surface area (Å²) in [6.07, 6.45) is 3.33. The lowest BCUT2D eigenvalue weighted by atomic mass is 9.94. The van der Waals surface area contributed by atoms with Crippen molar-refractivity contribution in [1.82, 2.24) is 14.1 Å². The first-order valence-electron chi connectivity index (χ1n) is 10.7. The topological polar surface area (TPSA) is 72.3 Å². The van der Waals surface area contributed by atoms with Gasteiger partial charge in [-0.05, 0) is 55.2 Å². The summed E-state index contributed by atoms with van der Waals surface area (Å²) in [4.78, 5) is 12.6. The molecule has 0 bridgehead atoms. The van der Waals surface area contributed by atoms with E-state index in [9.17, 15) is 13.2 Å². The molecule has 162 valence electrons. The molecule has 0 unspecified atom stereocenters. The maximum Gasteiger partial charge on any atom is 0.271 e. The summed E-state index contributed by atoms with van der Waals surface area (Å²) in [5.41, 5.74) is 2.52. The molecule has 1 fully saturated rings. The summed E-state index contributed by atoms with van der Waals surface area (Å²) in [7, 11) is -3.50. The van der Waals surface area contributed by atoms with Gasteiger partial charge in [-0.1, -0.05) is 43.7 Å².